The highest BCUT2D eigenvalue weighted by atomic mass is 16.4. The van der Waals surface area contributed by atoms with E-state index in [1.54, 1.807) is 18.4 Å². The van der Waals surface area contributed by atoms with Gasteiger partial charge in [-0.3, -0.25) is 0 Å². The molecule has 1 aliphatic carbocycles. The molecule has 0 saturated heterocycles. The second-order valence-electron chi connectivity index (χ2n) is 7.81. The van der Waals surface area contributed by atoms with Gasteiger partial charge in [-0.1, -0.05) is 32.9 Å². The standard InChI is InChI=1S/C20H26N2O3/c1-19(2,3)14-8-10-16(11-9-14)22-18(23)21-13-20(24,15-6-7-15)17-5-4-12-25-17/h4-5,8-12,15,24H,6-7,13H2,1-3H3,(H2,21,22,23). The van der Waals surface area contributed by atoms with Crippen LogP contribution in [-0.4, -0.2) is 17.7 Å². The Morgan fingerprint density at radius 3 is 2.40 bits per heavy atom. The number of carbonyl (C=O) groups excluding carboxylic acids is 1. The summed E-state index contributed by atoms with van der Waals surface area (Å²) in [6.07, 6.45) is 3.42. The van der Waals surface area contributed by atoms with E-state index < -0.39 is 5.60 Å². The predicted molar refractivity (Wildman–Crippen MR) is 97.5 cm³/mol. The maximum Gasteiger partial charge on any atom is 0.319 e. The first kappa shape index (κ1) is 17.5. The monoisotopic (exact) mass is 342 g/mol. The zero-order valence-corrected chi connectivity index (χ0v) is 15.0. The van der Waals surface area contributed by atoms with Crippen LogP contribution in [0.3, 0.4) is 0 Å². The Balaban J connectivity index is 1.59. The lowest BCUT2D eigenvalue weighted by Gasteiger charge is -2.26. The number of furan rings is 1. The van der Waals surface area contributed by atoms with Crippen LogP contribution in [0.15, 0.2) is 47.1 Å². The predicted octanol–water partition coefficient (Wildman–Crippen LogP) is 4.00. The highest BCUT2D eigenvalue weighted by Crippen LogP contribution is 2.45. The van der Waals surface area contributed by atoms with Crippen molar-refractivity contribution in [3.63, 3.8) is 0 Å². The Labute approximate surface area is 148 Å². The van der Waals surface area contributed by atoms with Crippen LogP contribution < -0.4 is 10.6 Å². The van der Waals surface area contributed by atoms with E-state index in [-0.39, 0.29) is 23.9 Å². The van der Waals surface area contributed by atoms with Gasteiger partial charge in [0, 0.05) is 5.69 Å². The molecule has 2 amide bonds. The Bertz CT molecular complexity index is 712. The molecule has 1 atom stereocenters. The Kier molecular flexibility index (Phi) is 4.60. The van der Waals surface area contributed by atoms with E-state index in [0.29, 0.717) is 5.76 Å². The minimum atomic E-state index is -1.14. The van der Waals surface area contributed by atoms with Crippen LogP contribution >= 0.6 is 0 Å². The van der Waals surface area contributed by atoms with Gasteiger partial charge in [0.15, 0.2) is 0 Å². The summed E-state index contributed by atoms with van der Waals surface area (Å²) in [5, 5.41) is 16.5. The van der Waals surface area contributed by atoms with Gasteiger partial charge in [-0.15, -0.1) is 0 Å². The molecule has 25 heavy (non-hydrogen) atoms. The summed E-state index contributed by atoms with van der Waals surface area (Å²) in [5.41, 5.74) is 0.861. The molecular formula is C20H26N2O3. The van der Waals surface area contributed by atoms with Crippen molar-refractivity contribution in [3.05, 3.63) is 54.0 Å². The van der Waals surface area contributed by atoms with Crippen molar-refractivity contribution in [1.29, 1.82) is 0 Å². The van der Waals surface area contributed by atoms with Crippen molar-refractivity contribution in [2.75, 3.05) is 11.9 Å². The first-order valence-electron chi connectivity index (χ1n) is 8.71. The molecular weight excluding hydrogens is 316 g/mol. The number of aliphatic hydroxyl groups is 1. The van der Waals surface area contributed by atoms with Crippen LogP contribution in [0, 0.1) is 5.92 Å². The van der Waals surface area contributed by atoms with Crippen LogP contribution in [0.2, 0.25) is 0 Å². The maximum absolute atomic E-state index is 12.2. The molecule has 5 heteroatoms. The molecule has 1 saturated carbocycles. The van der Waals surface area contributed by atoms with Gasteiger partial charge in [-0.2, -0.15) is 0 Å². The average Bonchev–Trinajstić information content (AvgIpc) is 3.27. The molecule has 1 unspecified atom stereocenters. The van der Waals surface area contributed by atoms with Crippen LogP contribution in [-0.2, 0) is 11.0 Å². The third-order valence-electron chi connectivity index (χ3n) is 4.73. The number of urea groups is 1. The fourth-order valence-electron chi connectivity index (χ4n) is 2.96. The Morgan fingerprint density at radius 2 is 1.88 bits per heavy atom. The van der Waals surface area contributed by atoms with Crippen molar-refractivity contribution in [2.45, 2.75) is 44.6 Å². The third-order valence-corrected chi connectivity index (χ3v) is 4.73. The second-order valence-corrected chi connectivity index (χ2v) is 7.81. The number of carbonyl (C=O) groups is 1. The van der Waals surface area contributed by atoms with Crippen LogP contribution in [0.25, 0.3) is 0 Å². The topological polar surface area (TPSA) is 74.5 Å². The molecule has 1 fully saturated rings. The van der Waals surface area contributed by atoms with E-state index >= 15 is 0 Å². The van der Waals surface area contributed by atoms with E-state index in [0.717, 1.165) is 18.5 Å². The molecule has 1 aliphatic rings. The van der Waals surface area contributed by atoms with Gasteiger partial charge >= 0.3 is 6.03 Å². The largest absolute Gasteiger partial charge is 0.466 e. The van der Waals surface area contributed by atoms with Crippen molar-refractivity contribution in [3.8, 4) is 0 Å². The van der Waals surface area contributed by atoms with Crippen LogP contribution in [0.5, 0.6) is 0 Å². The lowest BCUT2D eigenvalue weighted by atomic mass is 9.87. The minimum absolute atomic E-state index is 0.0740. The molecule has 0 aliphatic heterocycles. The summed E-state index contributed by atoms with van der Waals surface area (Å²) < 4.78 is 5.37. The van der Waals surface area contributed by atoms with Gasteiger partial charge in [0.25, 0.3) is 0 Å². The SMILES string of the molecule is CC(C)(C)c1ccc(NC(=O)NCC(O)(c2ccco2)C2CC2)cc1. The van der Waals surface area contributed by atoms with Crippen LogP contribution in [0.4, 0.5) is 10.5 Å². The van der Waals surface area contributed by atoms with Gasteiger partial charge in [-0.25, -0.2) is 4.79 Å². The summed E-state index contributed by atoms with van der Waals surface area (Å²) >= 11 is 0. The second kappa shape index (κ2) is 6.56. The fourth-order valence-corrected chi connectivity index (χ4v) is 2.96. The fraction of sp³-hybridized carbons (Fsp3) is 0.450. The molecule has 0 spiro atoms. The molecule has 1 aromatic carbocycles. The molecule has 1 aromatic heterocycles. The normalized spacial score (nSPS) is 17.0. The summed E-state index contributed by atoms with van der Waals surface area (Å²) in [5.74, 6) is 0.634. The average molecular weight is 342 g/mol. The number of rotatable bonds is 5. The number of benzene rings is 1. The van der Waals surface area contributed by atoms with Crippen molar-refractivity contribution in [1.82, 2.24) is 5.32 Å². The van der Waals surface area contributed by atoms with E-state index in [2.05, 4.69) is 31.4 Å². The minimum Gasteiger partial charge on any atom is -0.466 e. The lowest BCUT2D eigenvalue weighted by Crippen LogP contribution is -2.43. The maximum atomic E-state index is 12.2. The number of hydrogen-bond acceptors (Lipinski definition) is 3. The Hall–Kier alpha value is -2.27. The molecule has 0 bridgehead atoms. The zero-order valence-electron chi connectivity index (χ0n) is 15.0. The molecule has 134 valence electrons. The van der Waals surface area contributed by atoms with Crippen molar-refractivity contribution >= 4 is 11.7 Å². The molecule has 2 aromatic rings. The number of amides is 2. The smallest absolute Gasteiger partial charge is 0.319 e. The highest BCUT2D eigenvalue weighted by Gasteiger charge is 2.47. The van der Waals surface area contributed by atoms with E-state index in [1.807, 2.05) is 24.3 Å². The molecule has 3 rings (SSSR count). The number of anilines is 1. The van der Waals surface area contributed by atoms with Gasteiger partial charge in [0.2, 0.25) is 0 Å². The first-order chi connectivity index (χ1) is 11.8. The van der Waals surface area contributed by atoms with Gasteiger partial charge in [0.05, 0.1) is 12.8 Å². The molecule has 1 heterocycles. The summed E-state index contributed by atoms with van der Waals surface area (Å²) in [4.78, 5) is 12.2. The zero-order chi connectivity index (χ0) is 18.1. The van der Waals surface area contributed by atoms with E-state index in [1.165, 1.54) is 5.56 Å². The van der Waals surface area contributed by atoms with Crippen molar-refractivity contribution < 1.29 is 14.3 Å². The summed E-state index contributed by atoms with van der Waals surface area (Å²) in [6, 6.07) is 11.0. The van der Waals surface area contributed by atoms with Crippen molar-refractivity contribution in [2.24, 2.45) is 5.92 Å². The summed E-state index contributed by atoms with van der Waals surface area (Å²) in [6.45, 7) is 6.57. The highest BCUT2D eigenvalue weighted by molar-refractivity contribution is 5.89. The van der Waals surface area contributed by atoms with E-state index in [4.69, 9.17) is 4.42 Å². The molecule has 3 N–H and O–H groups in total. The lowest BCUT2D eigenvalue weighted by molar-refractivity contribution is -0.00414. The van der Waals surface area contributed by atoms with E-state index in [9.17, 15) is 9.90 Å². The Morgan fingerprint density at radius 1 is 1.20 bits per heavy atom. The number of hydrogen-bond donors (Lipinski definition) is 3. The first-order valence-corrected chi connectivity index (χ1v) is 8.71. The molecule has 0 radical (unpaired) electrons. The number of nitrogens with one attached hydrogen (secondary N) is 2. The quantitative estimate of drug-likeness (QED) is 0.769. The molecule has 5 nitrogen and oxygen atoms in total. The van der Waals surface area contributed by atoms with Gasteiger partial charge in [-0.05, 0) is 54.0 Å². The van der Waals surface area contributed by atoms with Crippen LogP contribution in [0.1, 0.15) is 44.9 Å². The summed E-state index contributed by atoms with van der Waals surface area (Å²) in [7, 11) is 0. The van der Waals surface area contributed by atoms with Gasteiger partial charge < -0.3 is 20.2 Å². The van der Waals surface area contributed by atoms with Gasteiger partial charge in [0.1, 0.15) is 11.4 Å². The third kappa shape index (κ3) is 4.04.